The molecule has 0 bridgehead atoms. The Bertz CT molecular complexity index is 1150. The maximum absolute atomic E-state index is 12.9. The number of carbonyl (C=O) groups is 1. The lowest BCUT2D eigenvalue weighted by molar-refractivity contribution is -0.870. The maximum Gasteiger partial charge on any atom is 0.268 e. The smallest absolute Gasteiger partial charge is 0.268 e. The molecule has 9 heteroatoms. The minimum atomic E-state index is -4.60. The Labute approximate surface area is 384 Å². The van der Waals surface area contributed by atoms with E-state index >= 15 is 0 Å². The Morgan fingerprint density at radius 2 is 0.903 bits per heavy atom. The molecule has 0 aromatic rings. The number of aliphatic hydroxyl groups excluding tert-OH is 1. The number of phosphoric acid groups is 1. The summed E-state index contributed by atoms with van der Waals surface area (Å²) in [5, 5.41) is 13.8. The molecule has 0 aliphatic rings. The molecule has 0 fully saturated rings. The summed E-state index contributed by atoms with van der Waals surface area (Å²) in [6, 6.07) is -0.910. The molecule has 0 heterocycles. The van der Waals surface area contributed by atoms with Crippen molar-refractivity contribution in [2.24, 2.45) is 0 Å². The van der Waals surface area contributed by atoms with Crippen LogP contribution in [0.25, 0.3) is 0 Å². The van der Waals surface area contributed by atoms with Crippen LogP contribution in [0.15, 0.2) is 48.6 Å². The largest absolute Gasteiger partial charge is 0.756 e. The zero-order chi connectivity index (χ0) is 45.7. The number of aliphatic hydroxyl groups is 1. The second-order valence-electron chi connectivity index (χ2n) is 18.9. The van der Waals surface area contributed by atoms with E-state index in [9.17, 15) is 19.4 Å². The molecular weight excluding hydrogens is 792 g/mol. The fourth-order valence-electron chi connectivity index (χ4n) is 7.36. The van der Waals surface area contributed by atoms with Crippen molar-refractivity contribution in [2.45, 2.75) is 244 Å². The maximum atomic E-state index is 12.9. The lowest BCUT2D eigenvalue weighted by Gasteiger charge is -2.29. The first kappa shape index (κ1) is 60.5. The van der Waals surface area contributed by atoms with Gasteiger partial charge in [0.15, 0.2) is 0 Å². The van der Waals surface area contributed by atoms with Gasteiger partial charge in [-0.25, -0.2) is 0 Å². The Balaban J connectivity index is 4.33. The van der Waals surface area contributed by atoms with Crippen molar-refractivity contribution >= 4 is 13.7 Å². The van der Waals surface area contributed by atoms with E-state index in [1.54, 1.807) is 6.08 Å². The number of quaternary nitrogens is 1. The minimum Gasteiger partial charge on any atom is -0.756 e. The van der Waals surface area contributed by atoms with Crippen molar-refractivity contribution in [3.8, 4) is 0 Å². The van der Waals surface area contributed by atoms with Gasteiger partial charge in [-0.1, -0.05) is 204 Å². The minimum absolute atomic E-state index is 0.00956. The lowest BCUT2D eigenvalue weighted by atomic mass is 10.0. The van der Waals surface area contributed by atoms with E-state index in [1.807, 2.05) is 27.2 Å². The number of hydrogen-bond donors (Lipinski definition) is 2. The first-order valence-corrected chi connectivity index (χ1v) is 27.5. The normalized spacial score (nSPS) is 14.5. The number of hydrogen-bond acceptors (Lipinski definition) is 6. The Hall–Kier alpha value is -1.54. The zero-order valence-electron chi connectivity index (χ0n) is 41.3. The van der Waals surface area contributed by atoms with Crippen molar-refractivity contribution in [3.05, 3.63) is 48.6 Å². The van der Waals surface area contributed by atoms with Crippen molar-refractivity contribution in [1.82, 2.24) is 5.32 Å². The molecule has 0 saturated carbocycles. The molecule has 364 valence electrons. The molecule has 0 rings (SSSR count). The van der Waals surface area contributed by atoms with Crippen LogP contribution in [0.4, 0.5) is 0 Å². The second-order valence-corrected chi connectivity index (χ2v) is 20.3. The predicted octanol–water partition coefficient (Wildman–Crippen LogP) is 14.6. The van der Waals surface area contributed by atoms with E-state index in [1.165, 1.54) is 167 Å². The van der Waals surface area contributed by atoms with Crippen molar-refractivity contribution < 1.29 is 32.9 Å². The highest BCUT2D eigenvalue weighted by Gasteiger charge is 2.23. The standard InChI is InChI=1S/C53H101N2O6P/c1-6-8-10-12-14-16-18-20-22-24-25-26-27-28-29-31-33-35-37-39-41-43-45-47-53(57)54-51(50-61-62(58,59)60-49-48-55(3,4)5)52(56)46-44-42-40-38-36-34-32-30-23-21-19-17-15-13-11-9-7-2/h23-25,30,36,38,44,46,51-52,56H,6-22,26-29,31-35,37,39-43,45,47-50H2,1-5H3,(H-,54,57,58,59)/b25-24-,30-23+,38-36+,46-44+. The Kier molecular flexibility index (Phi) is 43.5. The van der Waals surface area contributed by atoms with E-state index in [-0.39, 0.29) is 12.5 Å². The van der Waals surface area contributed by atoms with Gasteiger partial charge in [0.1, 0.15) is 13.2 Å². The lowest BCUT2D eigenvalue weighted by Crippen LogP contribution is -2.45. The summed E-state index contributed by atoms with van der Waals surface area (Å²) < 4.78 is 23.3. The van der Waals surface area contributed by atoms with Crippen LogP contribution < -0.4 is 10.2 Å². The molecule has 0 aliphatic carbocycles. The van der Waals surface area contributed by atoms with E-state index in [4.69, 9.17) is 9.05 Å². The number of carbonyl (C=O) groups excluding carboxylic acids is 1. The van der Waals surface area contributed by atoms with Gasteiger partial charge >= 0.3 is 0 Å². The molecular formula is C53H101N2O6P. The number of amides is 1. The summed E-state index contributed by atoms with van der Waals surface area (Å²) in [6.45, 7) is 4.62. The highest BCUT2D eigenvalue weighted by atomic mass is 31.2. The van der Waals surface area contributed by atoms with E-state index in [2.05, 4.69) is 55.6 Å². The predicted molar refractivity (Wildman–Crippen MR) is 265 cm³/mol. The van der Waals surface area contributed by atoms with Crippen LogP contribution in [0.5, 0.6) is 0 Å². The average molecular weight is 893 g/mol. The number of nitrogens with one attached hydrogen (secondary N) is 1. The molecule has 0 aromatic heterocycles. The molecule has 3 unspecified atom stereocenters. The molecule has 8 nitrogen and oxygen atoms in total. The van der Waals surface area contributed by atoms with Crippen LogP contribution >= 0.6 is 7.82 Å². The number of unbranched alkanes of at least 4 members (excludes halogenated alkanes) is 28. The highest BCUT2D eigenvalue weighted by molar-refractivity contribution is 7.45. The number of rotatable bonds is 47. The van der Waals surface area contributed by atoms with Crippen molar-refractivity contribution in [2.75, 3.05) is 40.9 Å². The topological polar surface area (TPSA) is 108 Å². The third-order valence-corrected chi connectivity index (χ3v) is 12.5. The van der Waals surface area contributed by atoms with Gasteiger partial charge in [-0.05, 0) is 70.6 Å². The molecule has 3 atom stereocenters. The Morgan fingerprint density at radius 1 is 0.548 bits per heavy atom. The van der Waals surface area contributed by atoms with Gasteiger partial charge in [-0.15, -0.1) is 0 Å². The Morgan fingerprint density at radius 3 is 1.31 bits per heavy atom. The fraction of sp³-hybridized carbons (Fsp3) is 0.830. The van der Waals surface area contributed by atoms with Crippen LogP contribution in [-0.4, -0.2) is 68.5 Å². The first-order valence-electron chi connectivity index (χ1n) is 26.0. The summed E-state index contributed by atoms with van der Waals surface area (Å²) in [5.41, 5.74) is 0. The summed E-state index contributed by atoms with van der Waals surface area (Å²) in [4.78, 5) is 25.4. The molecule has 62 heavy (non-hydrogen) atoms. The van der Waals surface area contributed by atoms with Crippen LogP contribution in [0.3, 0.4) is 0 Å². The van der Waals surface area contributed by atoms with Gasteiger partial charge in [-0.3, -0.25) is 9.36 Å². The molecule has 0 saturated heterocycles. The quantitative estimate of drug-likeness (QED) is 0.0273. The van der Waals surface area contributed by atoms with Gasteiger partial charge < -0.3 is 28.8 Å². The molecule has 1 amide bonds. The first-order chi connectivity index (χ1) is 30.0. The monoisotopic (exact) mass is 893 g/mol. The van der Waals surface area contributed by atoms with E-state index in [0.29, 0.717) is 17.4 Å². The van der Waals surface area contributed by atoms with Crippen LogP contribution in [-0.2, 0) is 18.4 Å². The third-order valence-electron chi connectivity index (χ3n) is 11.5. The SMILES string of the molecule is CCCCCCCCC/C=C/CC/C=C/CC/C=C/C(O)C(COP(=O)([O-])OCC[N+](C)(C)C)NC(=O)CCCCCCCCCCCCC/C=C\CCCCCCCCCC. The molecule has 0 radical (unpaired) electrons. The van der Waals surface area contributed by atoms with Gasteiger partial charge in [0.05, 0.1) is 39.9 Å². The number of allylic oxidation sites excluding steroid dienone is 7. The third kappa shape index (κ3) is 46.5. The number of phosphoric ester groups is 1. The zero-order valence-corrected chi connectivity index (χ0v) is 42.2. The average Bonchev–Trinajstić information content (AvgIpc) is 3.23. The molecule has 2 N–H and O–H groups in total. The van der Waals surface area contributed by atoms with Crippen LogP contribution in [0, 0.1) is 0 Å². The van der Waals surface area contributed by atoms with Crippen molar-refractivity contribution in [1.29, 1.82) is 0 Å². The summed E-state index contributed by atoms with van der Waals surface area (Å²) in [6.07, 6.45) is 57.4. The van der Waals surface area contributed by atoms with E-state index < -0.39 is 26.6 Å². The van der Waals surface area contributed by atoms with Gasteiger partial charge in [-0.2, -0.15) is 0 Å². The summed E-state index contributed by atoms with van der Waals surface area (Å²) in [5.74, 6) is -0.212. The van der Waals surface area contributed by atoms with E-state index in [0.717, 1.165) is 44.9 Å². The second kappa shape index (κ2) is 44.7. The fourth-order valence-corrected chi connectivity index (χ4v) is 8.08. The van der Waals surface area contributed by atoms with Gasteiger partial charge in [0.2, 0.25) is 5.91 Å². The van der Waals surface area contributed by atoms with Gasteiger partial charge in [0, 0.05) is 6.42 Å². The molecule has 0 aliphatic heterocycles. The summed E-state index contributed by atoms with van der Waals surface area (Å²) in [7, 11) is 1.23. The molecule has 0 spiro atoms. The van der Waals surface area contributed by atoms with Crippen LogP contribution in [0.2, 0.25) is 0 Å². The molecule has 0 aromatic carbocycles. The number of likely N-dealkylation sites (N-methyl/N-ethyl adjacent to an activating group) is 1. The summed E-state index contributed by atoms with van der Waals surface area (Å²) >= 11 is 0. The van der Waals surface area contributed by atoms with Crippen LogP contribution in [0.1, 0.15) is 232 Å². The number of nitrogens with zero attached hydrogens (tertiary/aromatic N) is 1. The van der Waals surface area contributed by atoms with Crippen molar-refractivity contribution in [3.63, 3.8) is 0 Å². The highest BCUT2D eigenvalue weighted by Crippen LogP contribution is 2.38. The van der Waals surface area contributed by atoms with Gasteiger partial charge in [0.25, 0.3) is 7.82 Å².